The second-order valence-electron chi connectivity index (χ2n) is 10.9. The van der Waals surface area contributed by atoms with E-state index in [1.807, 2.05) is 30.3 Å². The molecule has 0 spiro atoms. The molecule has 0 radical (unpaired) electrons. The molecule has 5 nitrogen and oxygen atoms in total. The molecule has 1 fully saturated rings. The molecule has 0 saturated heterocycles. The van der Waals surface area contributed by atoms with Crippen molar-refractivity contribution in [2.45, 2.75) is 70.6 Å². The summed E-state index contributed by atoms with van der Waals surface area (Å²) < 4.78 is 5.37. The smallest absolute Gasteiger partial charge is 0.160 e. The number of ketones is 2. The number of carbonyl (C=O) groups is 2. The highest BCUT2D eigenvalue weighted by atomic mass is 16.5. The molecule has 5 atom stereocenters. The van der Waals surface area contributed by atoms with Crippen LogP contribution in [0.5, 0.6) is 11.5 Å². The summed E-state index contributed by atoms with van der Waals surface area (Å²) in [4.78, 5) is 26.6. The number of aryl methyl sites for hydroxylation is 1. The number of aliphatic hydroxyl groups is 1. The molecule has 0 amide bonds. The lowest BCUT2D eigenvalue weighted by molar-refractivity contribution is -0.130. The van der Waals surface area contributed by atoms with E-state index >= 15 is 0 Å². The molecule has 2 aromatic rings. The molecule has 5 unspecified atom stereocenters. The van der Waals surface area contributed by atoms with Gasteiger partial charge in [0.15, 0.2) is 11.5 Å². The van der Waals surface area contributed by atoms with Gasteiger partial charge < -0.3 is 14.9 Å². The molecular weight excluding hydrogens is 476 g/mol. The maximum Gasteiger partial charge on any atom is 0.160 e. The summed E-state index contributed by atoms with van der Waals surface area (Å²) in [6.07, 6.45) is 5.98. The van der Waals surface area contributed by atoms with Crippen LogP contribution in [0.15, 0.2) is 42.5 Å². The molecule has 5 heteroatoms. The molecule has 38 heavy (non-hydrogen) atoms. The molecule has 2 N–H and O–H groups in total. The maximum atomic E-state index is 13.6. The van der Waals surface area contributed by atoms with Gasteiger partial charge in [0.25, 0.3) is 0 Å². The highest BCUT2D eigenvalue weighted by Gasteiger charge is 2.36. The Labute approximate surface area is 226 Å². The number of aliphatic hydroxyl groups excluding tert-OH is 1. The number of ether oxygens (including phenoxy) is 1. The second-order valence-corrected chi connectivity index (χ2v) is 10.9. The minimum Gasteiger partial charge on any atom is -0.504 e. The Morgan fingerprint density at radius 3 is 2.58 bits per heavy atom. The average Bonchev–Trinajstić information content (AvgIpc) is 3.14. The fraction of sp³-hybridized carbons (Fsp3) is 0.515. The molecule has 2 aromatic carbocycles. The van der Waals surface area contributed by atoms with Crippen molar-refractivity contribution < 1.29 is 24.5 Å². The molecule has 0 aliphatic heterocycles. The van der Waals surface area contributed by atoms with Crippen molar-refractivity contribution in [2.75, 3.05) is 13.7 Å². The number of methoxy groups -OCH3 is 1. The molecule has 0 heterocycles. The molecule has 2 aliphatic carbocycles. The minimum absolute atomic E-state index is 0.00488. The van der Waals surface area contributed by atoms with Crippen LogP contribution in [0.3, 0.4) is 0 Å². The van der Waals surface area contributed by atoms with Crippen molar-refractivity contribution in [1.29, 1.82) is 0 Å². The number of phenols is 1. The quantitative estimate of drug-likeness (QED) is 0.372. The number of carbonyl (C=O) groups excluding carboxylic acids is 2. The Hall–Kier alpha value is -3.10. The minimum atomic E-state index is -0.308. The van der Waals surface area contributed by atoms with Crippen LogP contribution in [0, 0.1) is 35.5 Å². The van der Waals surface area contributed by atoms with Crippen molar-refractivity contribution in [1.82, 2.24) is 0 Å². The lowest BCUT2D eigenvalue weighted by Crippen LogP contribution is -2.29. The number of aromatic hydroxyl groups is 1. The van der Waals surface area contributed by atoms with Gasteiger partial charge in [0.05, 0.1) is 19.4 Å². The fourth-order valence-electron chi connectivity index (χ4n) is 6.35. The van der Waals surface area contributed by atoms with Gasteiger partial charge in [-0.1, -0.05) is 68.4 Å². The largest absolute Gasteiger partial charge is 0.504 e. The summed E-state index contributed by atoms with van der Waals surface area (Å²) in [5, 5.41) is 20.7. The zero-order chi connectivity index (χ0) is 27.1. The Bertz CT molecular complexity index is 1180. The molecule has 202 valence electrons. The monoisotopic (exact) mass is 516 g/mol. The van der Waals surface area contributed by atoms with Crippen LogP contribution in [0.1, 0.15) is 80.9 Å². The van der Waals surface area contributed by atoms with E-state index in [1.54, 1.807) is 12.1 Å². The summed E-state index contributed by atoms with van der Waals surface area (Å²) >= 11 is 0. The van der Waals surface area contributed by atoms with Crippen LogP contribution in [-0.2, 0) is 16.0 Å². The Balaban J connectivity index is 1.81. The van der Waals surface area contributed by atoms with Gasteiger partial charge in [-0.05, 0) is 66.3 Å². The van der Waals surface area contributed by atoms with E-state index in [-0.39, 0.29) is 66.4 Å². The fourth-order valence-corrected chi connectivity index (χ4v) is 6.35. The van der Waals surface area contributed by atoms with Crippen molar-refractivity contribution >= 4 is 11.6 Å². The zero-order valence-electron chi connectivity index (χ0n) is 22.6. The third-order valence-corrected chi connectivity index (χ3v) is 8.45. The standard InChI is InChI=1S/C33H40O5/c1-3-8-26(21-34)24-12-7-11-23-14-16-28(22-9-5-4-6-10-22)29-20-32(37)33(38-2)18-25(29)13-15-27(35)19-31(36)30(23)17-24/h4-6,9-10,18,20,23-24,26,28,30,34,37H,3,7-8,11-13,15,17,19,21H2,1-2H3. The first-order chi connectivity index (χ1) is 18.4. The predicted molar refractivity (Wildman–Crippen MR) is 148 cm³/mol. The molecule has 0 aromatic heterocycles. The normalized spacial score (nSPS) is 24.9. The summed E-state index contributed by atoms with van der Waals surface area (Å²) in [5.41, 5.74) is 2.77. The van der Waals surface area contributed by atoms with E-state index < -0.39 is 0 Å². The summed E-state index contributed by atoms with van der Waals surface area (Å²) in [5.74, 6) is 7.07. The molecule has 4 rings (SSSR count). The molecule has 1 saturated carbocycles. The maximum absolute atomic E-state index is 13.6. The number of rotatable bonds is 6. The highest BCUT2D eigenvalue weighted by molar-refractivity contribution is 6.00. The van der Waals surface area contributed by atoms with Crippen LogP contribution < -0.4 is 4.74 Å². The summed E-state index contributed by atoms with van der Waals surface area (Å²) in [7, 11) is 1.51. The van der Waals surface area contributed by atoms with Crippen molar-refractivity contribution in [3.05, 3.63) is 59.2 Å². The Kier molecular flexibility index (Phi) is 9.63. The van der Waals surface area contributed by atoms with Crippen molar-refractivity contribution in [3.63, 3.8) is 0 Å². The molecule has 0 bridgehead atoms. The van der Waals surface area contributed by atoms with Gasteiger partial charge >= 0.3 is 0 Å². The Morgan fingerprint density at radius 1 is 1.08 bits per heavy atom. The zero-order valence-corrected chi connectivity index (χ0v) is 22.6. The van der Waals surface area contributed by atoms with E-state index in [1.165, 1.54) is 7.11 Å². The van der Waals surface area contributed by atoms with E-state index in [4.69, 9.17) is 4.74 Å². The first-order valence-electron chi connectivity index (χ1n) is 14.1. The van der Waals surface area contributed by atoms with Gasteiger partial charge in [0.1, 0.15) is 11.6 Å². The topological polar surface area (TPSA) is 83.8 Å². The van der Waals surface area contributed by atoms with Gasteiger partial charge in [-0.2, -0.15) is 0 Å². The third-order valence-electron chi connectivity index (χ3n) is 8.45. The second kappa shape index (κ2) is 13.1. The average molecular weight is 517 g/mol. The first kappa shape index (κ1) is 27.9. The van der Waals surface area contributed by atoms with E-state index in [2.05, 4.69) is 18.8 Å². The SMILES string of the molecule is CCCC(CO)C1CCCC2C#CC(c3ccccc3)c3cc(O)c(OC)cc3CCC(=O)CC(=O)C2C1. The van der Waals surface area contributed by atoms with Gasteiger partial charge in [-0.15, -0.1) is 0 Å². The third kappa shape index (κ3) is 6.48. The number of benzene rings is 2. The lowest BCUT2D eigenvalue weighted by atomic mass is 9.76. The van der Waals surface area contributed by atoms with Gasteiger partial charge in [0, 0.05) is 24.9 Å². The van der Waals surface area contributed by atoms with E-state index in [0.717, 1.165) is 48.8 Å². The number of phenolic OH excluding ortho intramolecular Hbond substituents is 1. The van der Waals surface area contributed by atoms with Crippen LogP contribution in [0.2, 0.25) is 0 Å². The van der Waals surface area contributed by atoms with Crippen molar-refractivity contribution in [3.8, 4) is 23.3 Å². The summed E-state index contributed by atoms with van der Waals surface area (Å²) in [6, 6.07) is 13.5. The summed E-state index contributed by atoms with van der Waals surface area (Å²) in [6.45, 7) is 2.26. The first-order valence-corrected chi connectivity index (χ1v) is 14.1. The number of fused-ring (bicyclic) bond motifs is 2. The van der Waals surface area contributed by atoms with Crippen LogP contribution in [-0.4, -0.2) is 35.5 Å². The predicted octanol–water partition coefficient (Wildman–Crippen LogP) is 5.84. The van der Waals surface area contributed by atoms with E-state index in [9.17, 15) is 19.8 Å². The van der Waals surface area contributed by atoms with Gasteiger partial charge in [-0.3, -0.25) is 9.59 Å². The van der Waals surface area contributed by atoms with Crippen LogP contribution in [0.4, 0.5) is 0 Å². The van der Waals surface area contributed by atoms with Crippen LogP contribution >= 0.6 is 0 Å². The Morgan fingerprint density at radius 2 is 1.87 bits per heavy atom. The number of hydrogen-bond acceptors (Lipinski definition) is 5. The molecule has 2 aliphatic rings. The van der Waals surface area contributed by atoms with Gasteiger partial charge in [-0.25, -0.2) is 0 Å². The number of hydrogen-bond donors (Lipinski definition) is 2. The number of Topliss-reactive ketones (excluding diaryl/α,β-unsaturated/α-hetero) is 2. The lowest BCUT2D eigenvalue weighted by Gasteiger charge is -2.28. The van der Waals surface area contributed by atoms with Crippen LogP contribution in [0.25, 0.3) is 0 Å². The van der Waals surface area contributed by atoms with Crippen molar-refractivity contribution in [2.24, 2.45) is 23.7 Å². The van der Waals surface area contributed by atoms with Gasteiger partial charge in [0.2, 0.25) is 0 Å². The van der Waals surface area contributed by atoms with E-state index in [0.29, 0.717) is 18.6 Å². The molecular formula is C33H40O5. The highest BCUT2D eigenvalue weighted by Crippen LogP contribution is 2.40.